The first-order chi connectivity index (χ1) is 8.63. The molecule has 0 aromatic rings. The molecule has 18 heavy (non-hydrogen) atoms. The Labute approximate surface area is 108 Å². The van der Waals surface area contributed by atoms with Crippen LogP contribution in [0.2, 0.25) is 0 Å². The first kappa shape index (κ1) is 12.9. The van der Waals surface area contributed by atoms with Crippen LogP contribution in [-0.2, 0) is 0 Å². The second-order valence-corrected chi connectivity index (χ2v) is 5.25. The van der Waals surface area contributed by atoms with Crippen LogP contribution in [0, 0.1) is 0 Å². The van der Waals surface area contributed by atoms with Gasteiger partial charge in [-0.1, -0.05) is 12.8 Å². The molecule has 0 atom stereocenters. The van der Waals surface area contributed by atoms with Crippen molar-refractivity contribution in [2.45, 2.75) is 51.6 Å². The number of amides is 2. The fourth-order valence-electron chi connectivity index (χ4n) is 2.32. The Kier molecular flexibility index (Phi) is 4.23. The lowest BCUT2D eigenvalue weighted by molar-refractivity contribution is 0.239. The molecule has 100 valence electrons. The molecular weight excluding hydrogens is 228 g/mol. The Morgan fingerprint density at radius 3 is 2.78 bits per heavy atom. The van der Waals surface area contributed by atoms with E-state index in [1.165, 1.54) is 12.8 Å². The van der Waals surface area contributed by atoms with E-state index in [1.807, 2.05) is 6.08 Å². The van der Waals surface area contributed by atoms with E-state index in [0.717, 1.165) is 24.4 Å². The Hall–Kier alpha value is -1.52. The third kappa shape index (κ3) is 3.75. The fourth-order valence-corrected chi connectivity index (χ4v) is 2.32. The second kappa shape index (κ2) is 5.89. The number of carbonyl (C=O) groups excluding carboxylic acids is 1. The zero-order chi connectivity index (χ0) is 13.0. The number of nitrogens with zero attached hydrogens (tertiary/aromatic N) is 1. The maximum absolute atomic E-state index is 11.7. The lowest BCUT2D eigenvalue weighted by atomic mass is 10.2. The highest BCUT2D eigenvalue weighted by Gasteiger charge is 2.18. The summed E-state index contributed by atoms with van der Waals surface area (Å²) in [4.78, 5) is 16.1. The van der Waals surface area contributed by atoms with Gasteiger partial charge in [0, 0.05) is 23.9 Å². The molecule has 0 radical (unpaired) electrons. The molecule has 0 unspecified atom stereocenters. The number of nitrogens with one attached hydrogen (secondary N) is 3. The maximum Gasteiger partial charge on any atom is 0.319 e. The van der Waals surface area contributed by atoms with Gasteiger partial charge in [-0.15, -0.1) is 0 Å². The van der Waals surface area contributed by atoms with E-state index in [-0.39, 0.29) is 6.03 Å². The van der Waals surface area contributed by atoms with Crippen molar-refractivity contribution < 1.29 is 4.79 Å². The van der Waals surface area contributed by atoms with Gasteiger partial charge in [0.2, 0.25) is 0 Å². The molecule has 0 saturated heterocycles. The highest BCUT2D eigenvalue weighted by atomic mass is 16.2. The van der Waals surface area contributed by atoms with Crippen LogP contribution >= 0.6 is 0 Å². The molecule has 0 aromatic carbocycles. The van der Waals surface area contributed by atoms with Crippen molar-refractivity contribution >= 4 is 11.9 Å². The summed E-state index contributed by atoms with van der Waals surface area (Å²) in [6.07, 6.45) is 6.54. The topological polar surface area (TPSA) is 65.5 Å². The Bertz CT molecular complexity index is 367. The molecule has 1 aliphatic carbocycles. The minimum absolute atomic E-state index is 0.103. The van der Waals surface area contributed by atoms with Gasteiger partial charge in [0.1, 0.15) is 5.84 Å². The van der Waals surface area contributed by atoms with E-state index in [1.54, 1.807) is 0 Å². The predicted octanol–water partition coefficient (Wildman–Crippen LogP) is 1.52. The van der Waals surface area contributed by atoms with Gasteiger partial charge < -0.3 is 16.0 Å². The molecule has 5 nitrogen and oxygen atoms in total. The lowest BCUT2D eigenvalue weighted by Gasteiger charge is -2.12. The number of urea groups is 1. The number of hydrogen-bond acceptors (Lipinski definition) is 3. The van der Waals surface area contributed by atoms with Crippen molar-refractivity contribution in [2.75, 3.05) is 6.54 Å². The molecule has 2 aliphatic rings. The van der Waals surface area contributed by atoms with Gasteiger partial charge in [0.25, 0.3) is 0 Å². The number of rotatable bonds is 3. The summed E-state index contributed by atoms with van der Waals surface area (Å²) in [5, 5.41) is 9.08. The van der Waals surface area contributed by atoms with Crippen LogP contribution in [0.5, 0.6) is 0 Å². The minimum Gasteiger partial charge on any atom is -0.368 e. The summed E-state index contributed by atoms with van der Waals surface area (Å²) < 4.78 is 0. The van der Waals surface area contributed by atoms with Gasteiger partial charge in [0.15, 0.2) is 0 Å². The van der Waals surface area contributed by atoms with E-state index < -0.39 is 0 Å². The molecule has 2 amide bonds. The zero-order valence-corrected chi connectivity index (χ0v) is 11.1. The van der Waals surface area contributed by atoms with Crippen LogP contribution in [-0.4, -0.2) is 30.5 Å². The van der Waals surface area contributed by atoms with Gasteiger partial charge in [-0.05, 0) is 26.7 Å². The third-order valence-electron chi connectivity index (χ3n) is 3.13. The summed E-state index contributed by atoms with van der Waals surface area (Å²) >= 11 is 0. The normalized spacial score (nSPS) is 19.7. The summed E-state index contributed by atoms with van der Waals surface area (Å²) in [7, 11) is 0. The van der Waals surface area contributed by atoms with Crippen LogP contribution in [0.15, 0.2) is 16.8 Å². The van der Waals surface area contributed by atoms with Gasteiger partial charge in [-0.2, -0.15) is 0 Å². The molecule has 2 rings (SSSR count). The van der Waals surface area contributed by atoms with Crippen LogP contribution in [0.3, 0.4) is 0 Å². The first-order valence-electron chi connectivity index (χ1n) is 6.72. The molecule has 5 heteroatoms. The van der Waals surface area contributed by atoms with Gasteiger partial charge in [-0.3, -0.25) is 4.99 Å². The van der Waals surface area contributed by atoms with Crippen molar-refractivity contribution in [3.63, 3.8) is 0 Å². The molecule has 0 aromatic heterocycles. The lowest BCUT2D eigenvalue weighted by Crippen LogP contribution is -2.40. The number of hydrogen-bond donors (Lipinski definition) is 3. The molecule has 1 heterocycles. The van der Waals surface area contributed by atoms with Gasteiger partial charge in [0.05, 0.1) is 6.54 Å². The quantitative estimate of drug-likeness (QED) is 0.711. The average molecular weight is 250 g/mol. The maximum atomic E-state index is 11.7. The molecule has 1 aliphatic heterocycles. The van der Waals surface area contributed by atoms with Crippen LogP contribution < -0.4 is 16.0 Å². The van der Waals surface area contributed by atoms with Gasteiger partial charge in [-0.25, -0.2) is 4.79 Å². The van der Waals surface area contributed by atoms with Crippen LogP contribution in [0.25, 0.3) is 0 Å². The Morgan fingerprint density at radius 1 is 1.39 bits per heavy atom. The van der Waals surface area contributed by atoms with Crippen molar-refractivity contribution in [1.82, 2.24) is 16.0 Å². The highest BCUT2D eigenvalue weighted by molar-refractivity contribution is 5.96. The average Bonchev–Trinajstić information content (AvgIpc) is 2.89. The summed E-state index contributed by atoms with van der Waals surface area (Å²) in [6.45, 7) is 4.68. The van der Waals surface area contributed by atoms with Crippen molar-refractivity contribution in [2.24, 2.45) is 4.99 Å². The molecule has 0 bridgehead atoms. The Morgan fingerprint density at radius 2 is 2.11 bits per heavy atom. The summed E-state index contributed by atoms with van der Waals surface area (Å²) in [5.74, 6) is 0.848. The molecule has 0 spiro atoms. The minimum atomic E-state index is -0.103. The van der Waals surface area contributed by atoms with Gasteiger partial charge >= 0.3 is 6.03 Å². The Balaban J connectivity index is 1.75. The first-order valence-corrected chi connectivity index (χ1v) is 6.72. The predicted molar refractivity (Wildman–Crippen MR) is 72.6 cm³/mol. The standard InChI is InChI=1S/C13H22N4O/c1-9(2)15-12-7-11(8-14-12)17-13(18)16-10-5-3-4-6-10/h7,9-10H,3-6,8H2,1-2H3,(H,14,15)(H2,16,17,18). The molecule has 3 N–H and O–H groups in total. The van der Waals surface area contributed by atoms with E-state index in [2.05, 4.69) is 34.8 Å². The number of carbonyl (C=O) groups is 1. The van der Waals surface area contributed by atoms with Crippen molar-refractivity contribution in [1.29, 1.82) is 0 Å². The zero-order valence-electron chi connectivity index (χ0n) is 11.1. The fraction of sp³-hybridized carbons (Fsp3) is 0.692. The monoisotopic (exact) mass is 250 g/mol. The van der Waals surface area contributed by atoms with Crippen molar-refractivity contribution in [3.05, 3.63) is 11.8 Å². The highest BCUT2D eigenvalue weighted by Crippen LogP contribution is 2.17. The third-order valence-corrected chi connectivity index (χ3v) is 3.13. The summed E-state index contributed by atoms with van der Waals surface area (Å²) in [5.41, 5.74) is 0.855. The van der Waals surface area contributed by atoms with E-state index in [0.29, 0.717) is 18.6 Å². The molecular formula is C13H22N4O. The van der Waals surface area contributed by atoms with Crippen LogP contribution in [0.1, 0.15) is 39.5 Å². The number of aliphatic imine (C=N–C) groups is 1. The van der Waals surface area contributed by atoms with E-state index in [9.17, 15) is 4.79 Å². The van der Waals surface area contributed by atoms with E-state index in [4.69, 9.17) is 0 Å². The number of amidine groups is 1. The van der Waals surface area contributed by atoms with E-state index >= 15 is 0 Å². The molecule has 1 fully saturated rings. The van der Waals surface area contributed by atoms with Crippen LogP contribution in [0.4, 0.5) is 4.79 Å². The molecule has 1 saturated carbocycles. The largest absolute Gasteiger partial charge is 0.368 e. The smallest absolute Gasteiger partial charge is 0.319 e. The SMILES string of the molecule is CC(C)NC1=NCC(NC(=O)NC2CCCC2)=C1. The van der Waals surface area contributed by atoms with Crippen molar-refractivity contribution in [3.8, 4) is 0 Å². The summed E-state index contributed by atoms with van der Waals surface area (Å²) in [6, 6.07) is 0.599. The second-order valence-electron chi connectivity index (χ2n) is 5.25.